The summed E-state index contributed by atoms with van der Waals surface area (Å²) in [7, 11) is 4.04. The Bertz CT molecular complexity index is 1440. The highest BCUT2D eigenvalue weighted by Crippen LogP contribution is 2.36. The lowest BCUT2D eigenvalue weighted by Gasteiger charge is -2.31. The Hall–Kier alpha value is -3.90. The number of rotatable bonds is 9. The van der Waals surface area contributed by atoms with Crippen molar-refractivity contribution >= 4 is 28.4 Å². The van der Waals surface area contributed by atoms with Crippen LogP contribution in [0.2, 0.25) is 0 Å². The summed E-state index contributed by atoms with van der Waals surface area (Å²) in [6.45, 7) is 2.80. The zero-order valence-electron chi connectivity index (χ0n) is 23.7. The number of anilines is 1. The average Bonchev–Trinajstić information content (AvgIpc) is 3.40. The highest BCUT2D eigenvalue weighted by Gasteiger charge is 2.33. The predicted molar refractivity (Wildman–Crippen MR) is 162 cm³/mol. The number of hydrogen-bond donors (Lipinski definition) is 3. The molecule has 3 N–H and O–H groups in total. The van der Waals surface area contributed by atoms with Crippen LogP contribution in [-0.4, -0.2) is 41.8 Å². The first-order valence-corrected chi connectivity index (χ1v) is 14.3. The van der Waals surface area contributed by atoms with Gasteiger partial charge in [0.15, 0.2) is 0 Å². The average molecular weight is 537 g/mol. The van der Waals surface area contributed by atoms with Crippen LogP contribution in [0.5, 0.6) is 0 Å². The largest absolute Gasteiger partial charge is 0.361 e. The maximum absolute atomic E-state index is 13.8. The number of carbonyl (C=O) groups is 2. The topological polar surface area (TPSA) is 77.2 Å². The van der Waals surface area contributed by atoms with E-state index in [4.69, 9.17) is 0 Å². The van der Waals surface area contributed by atoms with Crippen LogP contribution in [0.1, 0.15) is 61.1 Å². The van der Waals surface area contributed by atoms with Gasteiger partial charge in [0, 0.05) is 41.2 Å². The Morgan fingerprint density at radius 3 is 2.40 bits per heavy atom. The molecule has 1 aromatic heterocycles. The van der Waals surface area contributed by atoms with Crippen LogP contribution in [0.4, 0.5) is 5.69 Å². The molecule has 40 heavy (non-hydrogen) atoms. The minimum atomic E-state index is -0.712. The number of aromatic nitrogens is 1. The highest BCUT2D eigenvalue weighted by molar-refractivity contribution is 5.99. The third-order valence-corrected chi connectivity index (χ3v) is 8.25. The molecular formula is C34H40N4O2. The molecule has 0 bridgehead atoms. The van der Waals surface area contributed by atoms with Crippen molar-refractivity contribution in [2.24, 2.45) is 5.92 Å². The van der Waals surface area contributed by atoms with Gasteiger partial charge in [0.25, 0.3) is 0 Å². The first kappa shape index (κ1) is 27.7. The van der Waals surface area contributed by atoms with Gasteiger partial charge in [0.1, 0.15) is 6.04 Å². The molecule has 208 valence electrons. The number of para-hydroxylation sites is 1. The number of nitrogens with one attached hydrogen (secondary N) is 3. The van der Waals surface area contributed by atoms with Crippen LogP contribution < -0.4 is 10.6 Å². The number of H-pyrrole nitrogens is 1. The van der Waals surface area contributed by atoms with Gasteiger partial charge < -0.3 is 20.5 Å². The van der Waals surface area contributed by atoms with Crippen LogP contribution >= 0.6 is 0 Å². The summed E-state index contributed by atoms with van der Waals surface area (Å²) in [6, 6.07) is 25.8. The van der Waals surface area contributed by atoms with Crippen molar-refractivity contribution in [1.82, 2.24) is 15.2 Å². The molecule has 2 atom stereocenters. The summed E-state index contributed by atoms with van der Waals surface area (Å²) in [6.07, 6.45) is 5.58. The quantitative estimate of drug-likeness (QED) is 0.231. The zero-order valence-corrected chi connectivity index (χ0v) is 23.7. The Balaban J connectivity index is 1.34. The lowest BCUT2D eigenvalue weighted by molar-refractivity contribution is -0.130. The molecule has 5 rings (SSSR count). The molecule has 1 fully saturated rings. The van der Waals surface area contributed by atoms with E-state index in [0.717, 1.165) is 59.9 Å². The predicted octanol–water partition coefficient (Wildman–Crippen LogP) is 6.43. The SMILES string of the molecule is C[C@@H](c1c[nH]c2ccccc12)[C@@H](NC(=O)[C@H]1CC[C@H](c2ccccc2)CC1)C(=O)Nc1cccc(CN(C)C)c1. The van der Waals surface area contributed by atoms with E-state index in [9.17, 15) is 9.59 Å². The van der Waals surface area contributed by atoms with Crippen LogP contribution in [0, 0.1) is 5.92 Å². The van der Waals surface area contributed by atoms with E-state index in [1.165, 1.54) is 5.56 Å². The van der Waals surface area contributed by atoms with Crippen molar-refractivity contribution < 1.29 is 9.59 Å². The summed E-state index contributed by atoms with van der Waals surface area (Å²) >= 11 is 0. The second-order valence-corrected chi connectivity index (χ2v) is 11.5. The number of benzene rings is 3. The third kappa shape index (κ3) is 6.45. The van der Waals surface area contributed by atoms with E-state index in [1.54, 1.807) is 0 Å². The second kappa shape index (κ2) is 12.5. The van der Waals surface area contributed by atoms with Crippen molar-refractivity contribution in [3.05, 3.63) is 102 Å². The van der Waals surface area contributed by atoms with Gasteiger partial charge in [-0.15, -0.1) is 0 Å². The standard InChI is InChI=1S/C34H40N4O2/c1-23(30-21-35-31-15-8-7-14-29(30)31)32(34(40)36-28-13-9-10-24(20-28)22-38(2)3)37-33(39)27-18-16-26(17-19-27)25-11-5-4-6-12-25/h4-15,20-21,23,26-27,32,35H,16-19,22H2,1-3H3,(H,36,40)(H,37,39)/t23-,26-,27-,32+/m0/s1. The van der Waals surface area contributed by atoms with E-state index in [0.29, 0.717) is 5.92 Å². The van der Waals surface area contributed by atoms with Gasteiger partial charge in [-0.2, -0.15) is 0 Å². The minimum absolute atomic E-state index is 0.0280. The zero-order chi connectivity index (χ0) is 28.1. The van der Waals surface area contributed by atoms with E-state index < -0.39 is 6.04 Å². The summed E-state index contributed by atoms with van der Waals surface area (Å²) in [5.41, 5.74) is 5.24. The van der Waals surface area contributed by atoms with Crippen molar-refractivity contribution in [2.45, 2.75) is 57.0 Å². The number of amides is 2. The smallest absolute Gasteiger partial charge is 0.247 e. The fourth-order valence-corrected chi connectivity index (χ4v) is 6.09. The van der Waals surface area contributed by atoms with Crippen LogP contribution in [-0.2, 0) is 16.1 Å². The molecule has 0 saturated heterocycles. The van der Waals surface area contributed by atoms with E-state index >= 15 is 0 Å². The molecule has 1 aliphatic rings. The summed E-state index contributed by atoms with van der Waals surface area (Å²) in [4.78, 5) is 32.9. The summed E-state index contributed by atoms with van der Waals surface area (Å²) in [5, 5.41) is 7.36. The lowest BCUT2D eigenvalue weighted by Crippen LogP contribution is -2.49. The molecule has 1 heterocycles. The van der Waals surface area contributed by atoms with Gasteiger partial charge in [-0.3, -0.25) is 9.59 Å². The van der Waals surface area contributed by atoms with Crippen molar-refractivity contribution in [2.75, 3.05) is 19.4 Å². The van der Waals surface area contributed by atoms with Gasteiger partial charge in [0.05, 0.1) is 0 Å². The fourth-order valence-electron chi connectivity index (χ4n) is 6.09. The van der Waals surface area contributed by atoms with Gasteiger partial charge in [0.2, 0.25) is 11.8 Å². The number of aromatic amines is 1. The number of fused-ring (bicyclic) bond motifs is 1. The van der Waals surface area contributed by atoms with E-state index in [2.05, 4.69) is 56.9 Å². The molecule has 0 spiro atoms. The Morgan fingerprint density at radius 1 is 0.925 bits per heavy atom. The molecule has 0 unspecified atom stereocenters. The Kier molecular flexibility index (Phi) is 8.66. The maximum Gasteiger partial charge on any atom is 0.247 e. The number of nitrogens with zero attached hydrogens (tertiary/aromatic N) is 1. The van der Waals surface area contributed by atoms with Gasteiger partial charge in [-0.25, -0.2) is 0 Å². The molecule has 3 aromatic carbocycles. The van der Waals surface area contributed by atoms with Gasteiger partial charge in [-0.1, -0.05) is 67.6 Å². The first-order valence-electron chi connectivity index (χ1n) is 14.3. The molecule has 1 aliphatic carbocycles. The third-order valence-electron chi connectivity index (χ3n) is 8.25. The molecule has 6 nitrogen and oxygen atoms in total. The first-order chi connectivity index (χ1) is 19.4. The molecule has 2 amide bonds. The fraction of sp³-hybridized carbons (Fsp3) is 0.353. The minimum Gasteiger partial charge on any atom is -0.361 e. The highest BCUT2D eigenvalue weighted by atomic mass is 16.2. The van der Waals surface area contributed by atoms with Gasteiger partial charge in [-0.05, 0) is 80.6 Å². The molecule has 1 saturated carbocycles. The Labute approximate surface area is 237 Å². The number of carbonyl (C=O) groups excluding carboxylic acids is 2. The van der Waals surface area contributed by atoms with Crippen LogP contribution in [0.15, 0.2) is 85.1 Å². The molecule has 0 aliphatic heterocycles. The summed E-state index contributed by atoms with van der Waals surface area (Å²) < 4.78 is 0. The van der Waals surface area contributed by atoms with Crippen molar-refractivity contribution in [1.29, 1.82) is 0 Å². The second-order valence-electron chi connectivity index (χ2n) is 11.5. The monoisotopic (exact) mass is 536 g/mol. The molecule has 4 aromatic rings. The molecular weight excluding hydrogens is 496 g/mol. The number of hydrogen-bond acceptors (Lipinski definition) is 3. The van der Waals surface area contributed by atoms with E-state index in [1.807, 2.05) is 69.7 Å². The van der Waals surface area contributed by atoms with Crippen LogP contribution in [0.3, 0.4) is 0 Å². The van der Waals surface area contributed by atoms with Crippen LogP contribution in [0.25, 0.3) is 10.9 Å². The van der Waals surface area contributed by atoms with Crippen molar-refractivity contribution in [3.63, 3.8) is 0 Å². The Morgan fingerprint density at radius 2 is 1.65 bits per heavy atom. The maximum atomic E-state index is 13.8. The van der Waals surface area contributed by atoms with E-state index in [-0.39, 0.29) is 23.7 Å². The summed E-state index contributed by atoms with van der Waals surface area (Å²) in [5.74, 6) is -0.0608. The lowest BCUT2D eigenvalue weighted by atomic mass is 9.78. The van der Waals surface area contributed by atoms with Crippen molar-refractivity contribution in [3.8, 4) is 0 Å². The normalized spacial score (nSPS) is 18.8. The molecule has 6 heteroatoms. The molecule has 0 radical (unpaired) electrons. The van der Waals surface area contributed by atoms with Gasteiger partial charge >= 0.3 is 0 Å².